The van der Waals surface area contributed by atoms with Crippen molar-refractivity contribution in [3.63, 3.8) is 0 Å². The summed E-state index contributed by atoms with van der Waals surface area (Å²) in [6.45, 7) is 3.45. The lowest BCUT2D eigenvalue weighted by Crippen LogP contribution is -2.33. The molecule has 1 heterocycles. The first-order valence-corrected chi connectivity index (χ1v) is 4.07. The zero-order valence-corrected chi connectivity index (χ0v) is 6.55. The molecule has 2 heteroatoms. The Hall–Kier alpha value is -0.0800. The van der Waals surface area contributed by atoms with Crippen LogP contribution in [0.2, 0.25) is 0 Å². The summed E-state index contributed by atoms with van der Waals surface area (Å²) in [5.41, 5.74) is 0. The topological polar surface area (TPSA) is 29.5 Å². The maximum Gasteiger partial charge on any atom is 0.0622 e. The average Bonchev–Trinajstić information content (AvgIpc) is 1.79. The first-order valence-electron chi connectivity index (χ1n) is 4.07. The van der Waals surface area contributed by atoms with Gasteiger partial charge in [0, 0.05) is 13.2 Å². The molecule has 0 aromatic carbocycles. The Morgan fingerprint density at radius 2 is 2.40 bits per heavy atom. The number of hydrogen-bond donors (Lipinski definition) is 1. The van der Waals surface area contributed by atoms with E-state index < -0.39 is 0 Å². The fraction of sp³-hybridized carbons (Fsp3) is 1.00. The maximum absolute atomic E-state index is 8.55. The zero-order valence-electron chi connectivity index (χ0n) is 6.55. The van der Waals surface area contributed by atoms with Crippen LogP contribution >= 0.6 is 0 Å². The summed E-state index contributed by atoms with van der Waals surface area (Å²) in [5.74, 6) is 0.640. The number of aliphatic hydroxyl groups excluding tert-OH is 1. The molecule has 2 nitrogen and oxygen atoms in total. The third-order valence-corrected chi connectivity index (χ3v) is 2.19. The Bertz CT molecular complexity index is 89.3. The van der Waals surface area contributed by atoms with Crippen molar-refractivity contribution in [1.29, 1.82) is 0 Å². The summed E-state index contributed by atoms with van der Waals surface area (Å²) in [4.78, 5) is 0. The van der Waals surface area contributed by atoms with Crippen LogP contribution in [-0.2, 0) is 4.74 Å². The molecule has 0 bridgehead atoms. The van der Waals surface area contributed by atoms with E-state index in [9.17, 15) is 0 Å². The molecular weight excluding hydrogens is 128 g/mol. The van der Waals surface area contributed by atoms with Crippen LogP contribution in [0, 0.1) is 5.92 Å². The van der Waals surface area contributed by atoms with Gasteiger partial charge in [0.05, 0.1) is 6.10 Å². The number of aliphatic hydroxyl groups is 1. The summed E-state index contributed by atoms with van der Waals surface area (Å²) >= 11 is 0. The maximum atomic E-state index is 8.55. The third-order valence-electron chi connectivity index (χ3n) is 2.19. The van der Waals surface area contributed by atoms with Gasteiger partial charge in [-0.3, -0.25) is 0 Å². The Labute approximate surface area is 62.2 Å². The monoisotopic (exact) mass is 144 g/mol. The summed E-state index contributed by atoms with van der Waals surface area (Å²) in [7, 11) is 0. The SMILES string of the molecule is CC(CCCO)C1CCO1. The molecule has 1 rings (SSSR count). The van der Waals surface area contributed by atoms with Crippen LogP contribution < -0.4 is 0 Å². The standard InChI is InChI=1S/C8H16O2/c1-7(3-2-5-9)8-4-6-10-8/h7-9H,2-6H2,1H3. The van der Waals surface area contributed by atoms with Gasteiger partial charge in [0.1, 0.15) is 0 Å². The molecule has 1 saturated heterocycles. The van der Waals surface area contributed by atoms with Gasteiger partial charge in [-0.1, -0.05) is 6.92 Å². The fourth-order valence-electron chi connectivity index (χ4n) is 1.30. The second-order valence-corrected chi connectivity index (χ2v) is 3.04. The van der Waals surface area contributed by atoms with Crippen LogP contribution in [0.15, 0.2) is 0 Å². The van der Waals surface area contributed by atoms with Gasteiger partial charge in [-0.2, -0.15) is 0 Å². The second kappa shape index (κ2) is 3.94. The van der Waals surface area contributed by atoms with Crippen LogP contribution in [0.3, 0.4) is 0 Å². The van der Waals surface area contributed by atoms with Gasteiger partial charge in [0.15, 0.2) is 0 Å². The van der Waals surface area contributed by atoms with Crippen molar-refractivity contribution in [2.45, 2.75) is 32.3 Å². The molecule has 1 aliphatic rings. The molecule has 0 amide bonds. The molecular formula is C8H16O2. The van der Waals surface area contributed by atoms with Gasteiger partial charge in [-0.25, -0.2) is 0 Å². The van der Waals surface area contributed by atoms with Crippen molar-refractivity contribution in [3.8, 4) is 0 Å². The van der Waals surface area contributed by atoms with Gasteiger partial charge in [0.25, 0.3) is 0 Å². The van der Waals surface area contributed by atoms with Gasteiger partial charge >= 0.3 is 0 Å². The smallest absolute Gasteiger partial charge is 0.0622 e. The van der Waals surface area contributed by atoms with Crippen molar-refractivity contribution < 1.29 is 9.84 Å². The Morgan fingerprint density at radius 3 is 2.80 bits per heavy atom. The van der Waals surface area contributed by atoms with Crippen LogP contribution in [0.1, 0.15) is 26.2 Å². The number of hydrogen-bond acceptors (Lipinski definition) is 2. The van der Waals surface area contributed by atoms with E-state index in [1.807, 2.05) is 0 Å². The Morgan fingerprint density at radius 1 is 1.70 bits per heavy atom. The molecule has 0 saturated carbocycles. The van der Waals surface area contributed by atoms with Gasteiger partial charge < -0.3 is 9.84 Å². The Kier molecular flexibility index (Phi) is 3.16. The summed E-state index contributed by atoms with van der Waals surface area (Å²) in [6, 6.07) is 0. The molecule has 1 aliphatic heterocycles. The molecule has 1 fully saturated rings. The quantitative estimate of drug-likeness (QED) is 0.642. The summed E-state index contributed by atoms with van der Waals surface area (Å²) in [5, 5.41) is 8.55. The molecule has 0 aliphatic carbocycles. The highest BCUT2D eigenvalue weighted by Gasteiger charge is 2.23. The fourth-order valence-corrected chi connectivity index (χ4v) is 1.30. The average molecular weight is 144 g/mol. The van der Waals surface area contributed by atoms with E-state index in [0.717, 1.165) is 19.4 Å². The highest BCUT2D eigenvalue weighted by Crippen LogP contribution is 2.23. The molecule has 0 radical (unpaired) electrons. The molecule has 0 spiro atoms. The third kappa shape index (κ3) is 1.96. The highest BCUT2D eigenvalue weighted by molar-refractivity contribution is 4.72. The minimum absolute atomic E-state index is 0.317. The molecule has 0 aromatic rings. The van der Waals surface area contributed by atoms with Gasteiger partial charge in [-0.15, -0.1) is 0 Å². The Balaban J connectivity index is 2.02. The molecule has 2 atom stereocenters. The van der Waals surface area contributed by atoms with E-state index in [-0.39, 0.29) is 0 Å². The van der Waals surface area contributed by atoms with Crippen molar-refractivity contribution in [2.24, 2.45) is 5.92 Å². The van der Waals surface area contributed by atoms with E-state index in [1.165, 1.54) is 6.42 Å². The molecule has 2 unspecified atom stereocenters. The van der Waals surface area contributed by atoms with E-state index >= 15 is 0 Å². The van der Waals surface area contributed by atoms with E-state index in [4.69, 9.17) is 9.84 Å². The minimum atomic E-state index is 0.317. The molecule has 10 heavy (non-hydrogen) atoms. The molecule has 60 valence electrons. The molecule has 0 aromatic heterocycles. The first kappa shape index (κ1) is 8.02. The summed E-state index contributed by atoms with van der Waals surface area (Å²) in [6.07, 6.45) is 3.72. The van der Waals surface area contributed by atoms with Crippen LogP contribution in [0.25, 0.3) is 0 Å². The van der Waals surface area contributed by atoms with Crippen molar-refractivity contribution >= 4 is 0 Å². The summed E-state index contributed by atoms with van der Waals surface area (Å²) < 4.78 is 5.31. The van der Waals surface area contributed by atoms with Crippen molar-refractivity contribution in [2.75, 3.05) is 13.2 Å². The highest BCUT2D eigenvalue weighted by atomic mass is 16.5. The van der Waals surface area contributed by atoms with Crippen LogP contribution in [0.4, 0.5) is 0 Å². The lowest BCUT2D eigenvalue weighted by atomic mass is 9.94. The van der Waals surface area contributed by atoms with Gasteiger partial charge in [-0.05, 0) is 25.2 Å². The largest absolute Gasteiger partial charge is 0.396 e. The van der Waals surface area contributed by atoms with E-state index in [2.05, 4.69) is 6.92 Å². The lowest BCUT2D eigenvalue weighted by Gasteiger charge is -2.31. The normalized spacial score (nSPS) is 27.6. The van der Waals surface area contributed by atoms with Gasteiger partial charge in [0.2, 0.25) is 0 Å². The van der Waals surface area contributed by atoms with E-state index in [1.54, 1.807) is 0 Å². The predicted octanol–water partition coefficient (Wildman–Crippen LogP) is 1.18. The lowest BCUT2D eigenvalue weighted by molar-refractivity contribution is -0.0828. The number of rotatable bonds is 4. The van der Waals surface area contributed by atoms with Crippen molar-refractivity contribution in [1.82, 2.24) is 0 Å². The molecule has 1 N–H and O–H groups in total. The minimum Gasteiger partial charge on any atom is -0.396 e. The second-order valence-electron chi connectivity index (χ2n) is 3.04. The van der Waals surface area contributed by atoms with E-state index in [0.29, 0.717) is 18.6 Å². The zero-order chi connectivity index (χ0) is 7.40. The van der Waals surface area contributed by atoms with Crippen LogP contribution in [-0.4, -0.2) is 24.4 Å². The number of ether oxygens (including phenoxy) is 1. The predicted molar refractivity (Wildman–Crippen MR) is 39.8 cm³/mol. The van der Waals surface area contributed by atoms with Crippen LogP contribution in [0.5, 0.6) is 0 Å². The van der Waals surface area contributed by atoms with Crippen molar-refractivity contribution in [3.05, 3.63) is 0 Å². The first-order chi connectivity index (χ1) is 4.84.